The molecule has 0 spiro atoms. The molecule has 1 heterocycles. The van der Waals surface area contributed by atoms with Crippen molar-refractivity contribution in [3.63, 3.8) is 0 Å². The van der Waals surface area contributed by atoms with E-state index < -0.39 is 0 Å². The van der Waals surface area contributed by atoms with Crippen LogP contribution in [0, 0.1) is 0 Å². The van der Waals surface area contributed by atoms with Gasteiger partial charge in [-0.05, 0) is 24.8 Å². The summed E-state index contributed by atoms with van der Waals surface area (Å²) in [4.78, 5) is 28.8. The van der Waals surface area contributed by atoms with Crippen LogP contribution >= 0.6 is 0 Å². The van der Waals surface area contributed by atoms with Gasteiger partial charge in [-0.1, -0.05) is 30.5 Å². The zero-order valence-electron chi connectivity index (χ0n) is 13.0. The van der Waals surface area contributed by atoms with Crippen LogP contribution in [0.15, 0.2) is 16.8 Å². The molecule has 1 unspecified atom stereocenters. The standard InChI is InChI=1S/C17H24N2O3/c20-14-8-6-12(7-9-14)16-10-15(22-19-16)11-17(21)18-13-4-2-1-3-5-13/h6,13,15H,1-5,7-11H2,(H,18,21). The average Bonchev–Trinajstić information content (AvgIpc) is 2.97. The van der Waals surface area contributed by atoms with Gasteiger partial charge in [-0.2, -0.15) is 0 Å². The van der Waals surface area contributed by atoms with E-state index in [0.29, 0.717) is 31.7 Å². The van der Waals surface area contributed by atoms with Crippen LogP contribution in [0.4, 0.5) is 0 Å². The summed E-state index contributed by atoms with van der Waals surface area (Å²) in [5, 5.41) is 7.24. The van der Waals surface area contributed by atoms with Crippen molar-refractivity contribution >= 4 is 17.4 Å². The Hall–Kier alpha value is -1.65. The van der Waals surface area contributed by atoms with Gasteiger partial charge in [-0.3, -0.25) is 9.59 Å². The Labute approximate surface area is 131 Å². The van der Waals surface area contributed by atoms with Gasteiger partial charge in [0.25, 0.3) is 0 Å². The van der Waals surface area contributed by atoms with Crippen LogP contribution < -0.4 is 5.32 Å². The molecular weight excluding hydrogens is 280 g/mol. The van der Waals surface area contributed by atoms with Crippen molar-refractivity contribution in [2.24, 2.45) is 5.16 Å². The number of nitrogens with zero attached hydrogens (tertiary/aromatic N) is 1. The topological polar surface area (TPSA) is 67.8 Å². The first kappa shape index (κ1) is 15.3. The van der Waals surface area contributed by atoms with Crippen LogP contribution in [0.1, 0.15) is 64.2 Å². The molecule has 0 radical (unpaired) electrons. The fourth-order valence-corrected chi connectivity index (χ4v) is 3.45. The predicted octanol–water partition coefficient (Wildman–Crippen LogP) is 2.65. The van der Waals surface area contributed by atoms with E-state index in [-0.39, 0.29) is 17.8 Å². The lowest BCUT2D eigenvalue weighted by Crippen LogP contribution is -2.37. The van der Waals surface area contributed by atoms with Crippen molar-refractivity contribution in [2.45, 2.75) is 76.4 Å². The second-order valence-electron chi connectivity index (χ2n) is 6.55. The predicted molar refractivity (Wildman–Crippen MR) is 83.5 cm³/mol. The van der Waals surface area contributed by atoms with E-state index in [1.165, 1.54) is 19.3 Å². The third-order valence-corrected chi connectivity index (χ3v) is 4.74. The minimum absolute atomic E-state index is 0.0705. The first-order valence-corrected chi connectivity index (χ1v) is 8.44. The van der Waals surface area contributed by atoms with Crippen molar-refractivity contribution in [1.82, 2.24) is 5.32 Å². The number of hydrogen-bond donors (Lipinski definition) is 1. The molecule has 1 atom stereocenters. The number of oxime groups is 1. The summed E-state index contributed by atoms with van der Waals surface area (Å²) in [7, 11) is 0. The number of amides is 1. The lowest BCUT2D eigenvalue weighted by atomic mass is 9.92. The quantitative estimate of drug-likeness (QED) is 0.868. The summed E-state index contributed by atoms with van der Waals surface area (Å²) in [6.07, 6.45) is 10.6. The molecule has 3 aliphatic rings. The number of carbonyl (C=O) groups excluding carboxylic acids is 2. The maximum atomic E-state index is 12.1. The van der Waals surface area contributed by atoms with Gasteiger partial charge < -0.3 is 10.2 Å². The van der Waals surface area contributed by atoms with E-state index in [2.05, 4.69) is 10.5 Å². The van der Waals surface area contributed by atoms with Gasteiger partial charge in [0.15, 0.2) is 0 Å². The van der Waals surface area contributed by atoms with Gasteiger partial charge in [0.2, 0.25) is 5.91 Å². The number of ketones is 1. The van der Waals surface area contributed by atoms with E-state index >= 15 is 0 Å². The van der Waals surface area contributed by atoms with Gasteiger partial charge in [0.1, 0.15) is 11.9 Å². The Morgan fingerprint density at radius 3 is 2.82 bits per heavy atom. The largest absolute Gasteiger partial charge is 0.391 e. The van der Waals surface area contributed by atoms with Gasteiger partial charge in [-0.15, -0.1) is 0 Å². The number of carbonyl (C=O) groups is 2. The Morgan fingerprint density at radius 2 is 2.09 bits per heavy atom. The maximum Gasteiger partial charge on any atom is 0.224 e. The third-order valence-electron chi connectivity index (χ3n) is 4.74. The molecule has 1 amide bonds. The maximum absolute atomic E-state index is 12.1. The van der Waals surface area contributed by atoms with E-state index in [1.54, 1.807) is 0 Å². The first-order valence-electron chi connectivity index (χ1n) is 8.44. The zero-order valence-corrected chi connectivity index (χ0v) is 13.0. The molecule has 3 rings (SSSR count). The van der Waals surface area contributed by atoms with E-state index in [1.807, 2.05) is 6.08 Å². The summed E-state index contributed by atoms with van der Waals surface area (Å²) < 4.78 is 0. The van der Waals surface area contributed by atoms with Crippen LogP contribution in [-0.4, -0.2) is 29.5 Å². The van der Waals surface area contributed by atoms with Gasteiger partial charge >= 0.3 is 0 Å². The van der Waals surface area contributed by atoms with E-state index in [4.69, 9.17) is 4.84 Å². The second-order valence-corrected chi connectivity index (χ2v) is 6.55. The summed E-state index contributed by atoms with van der Waals surface area (Å²) in [5.74, 6) is 0.354. The summed E-state index contributed by atoms with van der Waals surface area (Å²) in [5.41, 5.74) is 2.04. The highest BCUT2D eigenvalue weighted by atomic mass is 16.6. The smallest absolute Gasteiger partial charge is 0.224 e. The fourth-order valence-electron chi connectivity index (χ4n) is 3.45. The fraction of sp³-hybridized carbons (Fsp3) is 0.706. The summed E-state index contributed by atoms with van der Waals surface area (Å²) in [6.45, 7) is 0. The Morgan fingerprint density at radius 1 is 1.27 bits per heavy atom. The van der Waals surface area contributed by atoms with Crippen LogP contribution in [0.3, 0.4) is 0 Å². The summed E-state index contributed by atoms with van der Waals surface area (Å²) in [6, 6.07) is 0.343. The number of Topliss-reactive ketones (excluding diaryl/α,β-unsaturated/α-hetero) is 1. The second kappa shape index (κ2) is 7.07. The van der Waals surface area contributed by atoms with Crippen LogP contribution in [0.25, 0.3) is 0 Å². The average molecular weight is 304 g/mol. The number of rotatable bonds is 4. The van der Waals surface area contributed by atoms with Gasteiger partial charge in [0.05, 0.1) is 12.1 Å². The number of hydrogen-bond acceptors (Lipinski definition) is 4. The zero-order chi connectivity index (χ0) is 15.4. The van der Waals surface area contributed by atoms with Crippen molar-refractivity contribution in [2.75, 3.05) is 0 Å². The minimum atomic E-state index is -0.155. The molecule has 1 N–H and O–H groups in total. The molecule has 5 heteroatoms. The molecule has 2 aliphatic carbocycles. The molecule has 0 aromatic rings. The highest BCUT2D eigenvalue weighted by molar-refractivity contribution is 6.03. The van der Waals surface area contributed by atoms with Crippen molar-refractivity contribution in [3.05, 3.63) is 11.6 Å². The van der Waals surface area contributed by atoms with Crippen molar-refractivity contribution < 1.29 is 14.4 Å². The normalized spacial score (nSPS) is 26.2. The van der Waals surface area contributed by atoms with Crippen LogP contribution in [-0.2, 0) is 14.4 Å². The number of nitrogens with one attached hydrogen (secondary N) is 1. The SMILES string of the molecule is O=C1CC=C(C2=NOC(CC(=O)NC3CCCCC3)C2)CC1. The van der Waals surface area contributed by atoms with E-state index in [0.717, 1.165) is 30.5 Å². The Kier molecular flexibility index (Phi) is 4.90. The van der Waals surface area contributed by atoms with Gasteiger partial charge in [0, 0.05) is 25.3 Å². The molecule has 0 bridgehead atoms. The third kappa shape index (κ3) is 3.96. The van der Waals surface area contributed by atoms with Crippen molar-refractivity contribution in [1.29, 1.82) is 0 Å². The molecule has 5 nitrogen and oxygen atoms in total. The Balaban J connectivity index is 1.43. The number of allylic oxidation sites excluding steroid dienone is 2. The molecule has 0 aromatic carbocycles. The molecule has 0 aromatic heterocycles. The van der Waals surface area contributed by atoms with Crippen molar-refractivity contribution in [3.8, 4) is 0 Å². The lowest BCUT2D eigenvalue weighted by Gasteiger charge is -2.23. The lowest BCUT2D eigenvalue weighted by molar-refractivity contribution is -0.124. The highest BCUT2D eigenvalue weighted by Gasteiger charge is 2.28. The molecule has 0 saturated heterocycles. The molecule has 1 aliphatic heterocycles. The molecule has 1 saturated carbocycles. The molecule has 120 valence electrons. The molecular formula is C17H24N2O3. The molecule has 1 fully saturated rings. The van der Waals surface area contributed by atoms with Crippen LogP contribution in [0.5, 0.6) is 0 Å². The minimum Gasteiger partial charge on any atom is -0.391 e. The first-order chi connectivity index (χ1) is 10.7. The monoisotopic (exact) mass is 304 g/mol. The Bertz CT molecular complexity index is 504. The van der Waals surface area contributed by atoms with E-state index in [9.17, 15) is 9.59 Å². The summed E-state index contributed by atoms with van der Waals surface area (Å²) >= 11 is 0. The van der Waals surface area contributed by atoms with Gasteiger partial charge in [-0.25, -0.2) is 0 Å². The highest BCUT2D eigenvalue weighted by Crippen LogP contribution is 2.25. The van der Waals surface area contributed by atoms with Crippen LogP contribution in [0.2, 0.25) is 0 Å². The molecule has 22 heavy (non-hydrogen) atoms.